The van der Waals surface area contributed by atoms with Gasteiger partial charge in [0.2, 0.25) is 0 Å². The molecular formula is C13H9N5O4S. The number of aliphatic imine (C=N–C) groups is 1. The fraction of sp³-hybridized carbons (Fsp3) is 0. The maximum Gasteiger partial charge on any atom is 0.339 e. The van der Waals surface area contributed by atoms with Crippen molar-refractivity contribution in [3.63, 3.8) is 0 Å². The molecule has 1 aromatic carbocycles. The summed E-state index contributed by atoms with van der Waals surface area (Å²) in [5.74, 6) is -2.45. The zero-order valence-electron chi connectivity index (χ0n) is 11.4. The monoisotopic (exact) mass is 331 g/mol. The summed E-state index contributed by atoms with van der Waals surface area (Å²) in [6.45, 7) is 0. The number of sulfonamides is 1. The quantitative estimate of drug-likeness (QED) is 0.753. The van der Waals surface area contributed by atoms with Gasteiger partial charge in [-0.3, -0.25) is 14.6 Å². The Morgan fingerprint density at radius 1 is 1.04 bits per heavy atom. The van der Waals surface area contributed by atoms with Crippen LogP contribution in [0.15, 0.2) is 58.8 Å². The van der Waals surface area contributed by atoms with Gasteiger partial charge in [-0.15, -0.1) is 4.83 Å². The SMILES string of the molecule is O=C1N=C(c2cnccn2)N(NS(=O)(=O)c2ccccc2)C1=O. The highest BCUT2D eigenvalue weighted by atomic mass is 32.2. The lowest BCUT2D eigenvalue weighted by atomic mass is 10.4. The molecule has 0 radical (unpaired) electrons. The number of carbonyl (C=O) groups excluding carboxylic acids is 2. The second kappa shape index (κ2) is 5.66. The topological polar surface area (TPSA) is 122 Å². The van der Waals surface area contributed by atoms with Crippen LogP contribution in [-0.2, 0) is 19.6 Å². The number of aromatic nitrogens is 2. The third kappa shape index (κ3) is 2.84. The van der Waals surface area contributed by atoms with Crippen LogP contribution in [0.25, 0.3) is 0 Å². The third-order valence-electron chi connectivity index (χ3n) is 2.86. The van der Waals surface area contributed by atoms with E-state index in [1.807, 2.05) is 4.83 Å². The standard InChI is InChI=1S/C13H9N5O4S/c19-12-13(20)18(11(16-12)10-8-14-6-7-15-10)17-23(21,22)9-4-2-1-3-5-9/h1-8,17H. The summed E-state index contributed by atoms with van der Waals surface area (Å²) in [5.41, 5.74) is 0.0856. The minimum absolute atomic E-state index is 0.0642. The molecule has 2 aromatic rings. The van der Waals surface area contributed by atoms with Crippen molar-refractivity contribution in [2.75, 3.05) is 0 Å². The van der Waals surface area contributed by atoms with E-state index in [-0.39, 0.29) is 16.4 Å². The van der Waals surface area contributed by atoms with E-state index < -0.39 is 21.8 Å². The van der Waals surface area contributed by atoms with Crippen LogP contribution in [0.5, 0.6) is 0 Å². The minimum atomic E-state index is -4.07. The molecule has 0 aliphatic carbocycles. The Hall–Kier alpha value is -2.98. The van der Waals surface area contributed by atoms with E-state index in [2.05, 4.69) is 15.0 Å². The number of amidine groups is 1. The zero-order valence-corrected chi connectivity index (χ0v) is 12.3. The van der Waals surface area contributed by atoms with E-state index in [1.54, 1.807) is 6.07 Å². The maximum absolute atomic E-state index is 12.3. The molecule has 0 atom stereocenters. The van der Waals surface area contributed by atoms with Gasteiger partial charge in [-0.2, -0.15) is 4.99 Å². The number of hydrogen-bond acceptors (Lipinski definition) is 6. The Bertz CT molecular complexity index is 896. The highest BCUT2D eigenvalue weighted by Gasteiger charge is 2.38. The highest BCUT2D eigenvalue weighted by molar-refractivity contribution is 7.89. The maximum atomic E-state index is 12.3. The van der Waals surface area contributed by atoms with Crippen LogP contribution in [0.1, 0.15) is 5.69 Å². The summed E-state index contributed by atoms with van der Waals surface area (Å²) in [6.07, 6.45) is 3.98. The number of rotatable bonds is 4. The Balaban J connectivity index is 1.96. The zero-order chi connectivity index (χ0) is 16.4. The fourth-order valence-corrected chi connectivity index (χ4v) is 2.86. The van der Waals surface area contributed by atoms with Crippen LogP contribution >= 0.6 is 0 Å². The van der Waals surface area contributed by atoms with Gasteiger partial charge in [-0.1, -0.05) is 18.2 Å². The Kier molecular flexibility index (Phi) is 3.68. The summed E-state index contributed by atoms with van der Waals surface area (Å²) in [5, 5.41) is 0.550. The van der Waals surface area contributed by atoms with Crippen molar-refractivity contribution in [3.8, 4) is 0 Å². The van der Waals surface area contributed by atoms with E-state index in [9.17, 15) is 18.0 Å². The number of hydrogen-bond donors (Lipinski definition) is 1. The highest BCUT2D eigenvalue weighted by Crippen LogP contribution is 2.13. The van der Waals surface area contributed by atoms with Gasteiger partial charge in [0, 0.05) is 12.4 Å². The molecule has 0 unspecified atom stereocenters. The lowest BCUT2D eigenvalue weighted by Crippen LogP contribution is -2.48. The molecule has 1 aromatic heterocycles. The van der Waals surface area contributed by atoms with Crippen molar-refractivity contribution in [1.29, 1.82) is 0 Å². The lowest BCUT2D eigenvalue weighted by Gasteiger charge is -2.17. The molecule has 2 heterocycles. The molecule has 0 spiro atoms. The van der Waals surface area contributed by atoms with Crippen molar-refractivity contribution in [2.45, 2.75) is 4.90 Å². The van der Waals surface area contributed by atoms with Gasteiger partial charge in [0.1, 0.15) is 5.69 Å². The van der Waals surface area contributed by atoms with Crippen molar-refractivity contribution in [3.05, 3.63) is 54.6 Å². The van der Waals surface area contributed by atoms with E-state index in [0.717, 1.165) is 0 Å². The van der Waals surface area contributed by atoms with Crippen LogP contribution in [0.2, 0.25) is 0 Å². The second-order valence-corrected chi connectivity index (χ2v) is 6.04. The van der Waals surface area contributed by atoms with E-state index in [0.29, 0.717) is 5.01 Å². The molecule has 116 valence electrons. The van der Waals surface area contributed by atoms with E-state index >= 15 is 0 Å². The largest absolute Gasteiger partial charge is 0.339 e. The van der Waals surface area contributed by atoms with E-state index in [1.165, 1.54) is 42.9 Å². The first kappa shape index (κ1) is 14.9. The first-order valence-electron chi connectivity index (χ1n) is 6.30. The summed E-state index contributed by atoms with van der Waals surface area (Å²) >= 11 is 0. The number of benzene rings is 1. The molecule has 9 nitrogen and oxygen atoms in total. The Labute approximate surface area is 130 Å². The molecule has 1 N–H and O–H groups in total. The first-order chi connectivity index (χ1) is 11.0. The van der Waals surface area contributed by atoms with Crippen molar-refractivity contribution < 1.29 is 18.0 Å². The number of nitrogens with one attached hydrogen (secondary N) is 1. The number of amides is 2. The molecule has 3 rings (SSSR count). The van der Waals surface area contributed by atoms with Gasteiger partial charge < -0.3 is 0 Å². The second-order valence-electron chi connectivity index (χ2n) is 4.38. The lowest BCUT2D eigenvalue weighted by molar-refractivity contribution is -0.140. The molecule has 0 bridgehead atoms. The number of carbonyl (C=O) groups is 2. The Morgan fingerprint density at radius 3 is 2.43 bits per heavy atom. The van der Waals surface area contributed by atoms with Crippen LogP contribution in [0, 0.1) is 0 Å². The molecule has 1 aliphatic heterocycles. The molecular weight excluding hydrogens is 322 g/mol. The predicted molar refractivity (Wildman–Crippen MR) is 77.2 cm³/mol. The molecule has 0 saturated carbocycles. The van der Waals surface area contributed by atoms with Crippen molar-refractivity contribution in [1.82, 2.24) is 19.8 Å². The van der Waals surface area contributed by atoms with Crippen LogP contribution < -0.4 is 4.83 Å². The van der Waals surface area contributed by atoms with E-state index in [4.69, 9.17) is 0 Å². The summed E-state index contributed by atoms with van der Waals surface area (Å²) < 4.78 is 24.6. The summed E-state index contributed by atoms with van der Waals surface area (Å²) in [6, 6.07) is 7.41. The normalized spacial score (nSPS) is 15.0. The van der Waals surface area contributed by atoms with Gasteiger partial charge in [-0.05, 0) is 12.1 Å². The molecule has 0 fully saturated rings. The van der Waals surface area contributed by atoms with Gasteiger partial charge in [-0.25, -0.2) is 18.4 Å². The van der Waals surface area contributed by atoms with Gasteiger partial charge in [0.15, 0.2) is 5.84 Å². The molecule has 1 aliphatic rings. The third-order valence-corrected chi connectivity index (χ3v) is 4.18. The molecule has 0 saturated heterocycles. The average molecular weight is 331 g/mol. The smallest absolute Gasteiger partial charge is 0.261 e. The Morgan fingerprint density at radius 2 is 1.78 bits per heavy atom. The molecule has 10 heteroatoms. The summed E-state index contributed by atoms with van der Waals surface area (Å²) in [7, 11) is -4.07. The fourth-order valence-electron chi connectivity index (χ4n) is 1.83. The van der Waals surface area contributed by atoms with Crippen LogP contribution in [0.4, 0.5) is 0 Å². The van der Waals surface area contributed by atoms with Gasteiger partial charge >= 0.3 is 11.8 Å². The average Bonchev–Trinajstić information content (AvgIpc) is 2.84. The number of nitrogens with zero attached hydrogens (tertiary/aromatic N) is 4. The molecule has 23 heavy (non-hydrogen) atoms. The molecule has 2 amide bonds. The first-order valence-corrected chi connectivity index (χ1v) is 7.78. The van der Waals surface area contributed by atoms with Crippen molar-refractivity contribution in [2.24, 2.45) is 4.99 Å². The van der Waals surface area contributed by atoms with Gasteiger partial charge in [0.25, 0.3) is 10.0 Å². The van der Waals surface area contributed by atoms with Gasteiger partial charge in [0.05, 0.1) is 11.1 Å². The summed E-state index contributed by atoms with van der Waals surface area (Å²) in [4.78, 5) is 36.6. The number of hydrazine groups is 1. The van der Waals surface area contributed by atoms with Crippen LogP contribution in [-0.4, -0.2) is 41.0 Å². The van der Waals surface area contributed by atoms with Crippen molar-refractivity contribution >= 4 is 27.7 Å². The van der Waals surface area contributed by atoms with Crippen LogP contribution in [0.3, 0.4) is 0 Å². The minimum Gasteiger partial charge on any atom is -0.261 e. The predicted octanol–water partition coefficient (Wildman–Crippen LogP) is -0.515.